The molecule has 0 saturated carbocycles. The van der Waals surface area contributed by atoms with Crippen LogP contribution in [-0.2, 0) is 22.8 Å². The zero-order valence-electron chi connectivity index (χ0n) is 17.9. The number of fused-ring (bicyclic) bond motifs is 1. The summed E-state index contributed by atoms with van der Waals surface area (Å²) in [5.74, 6) is 0.571. The molecule has 0 bridgehead atoms. The topological polar surface area (TPSA) is 171 Å². The van der Waals surface area contributed by atoms with Crippen molar-refractivity contribution in [2.24, 2.45) is 0 Å². The molecular formula is C18H24N8O5S2. The van der Waals surface area contributed by atoms with Gasteiger partial charge in [0.15, 0.2) is 5.82 Å². The molecule has 0 radical (unpaired) electrons. The average Bonchev–Trinajstić information content (AvgIpc) is 3.45. The van der Waals surface area contributed by atoms with Gasteiger partial charge in [-0.1, -0.05) is 0 Å². The molecule has 2 aromatic heterocycles. The van der Waals surface area contributed by atoms with E-state index in [0.29, 0.717) is 33.4 Å². The molecule has 13 nitrogen and oxygen atoms in total. The first-order valence-corrected chi connectivity index (χ1v) is 13.5. The van der Waals surface area contributed by atoms with Gasteiger partial charge in [0.1, 0.15) is 16.9 Å². The maximum Gasteiger partial charge on any atom is 0.353 e. The van der Waals surface area contributed by atoms with Crippen LogP contribution < -0.4 is 15.4 Å². The molecule has 178 valence electrons. The number of hydrogen-bond donors (Lipinski definition) is 4. The Morgan fingerprint density at radius 3 is 2.64 bits per heavy atom. The minimum atomic E-state index is -4.79. The lowest BCUT2D eigenvalue weighted by Gasteiger charge is -2.17. The zero-order valence-corrected chi connectivity index (χ0v) is 19.6. The quantitative estimate of drug-likeness (QED) is 0.316. The number of nitrogens with one attached hydrogen (secondary N) is 4. The van der Waals surface area contributed by atoms with Crippen LogP contribution in [0.25, 0.3) is 11.0 Å². The van der Waals surface area contributed by atoms with Gasteiger partial charge in [-0.3, -0.25) is 4.72 Å². The Bertz CT molecular complexity index is 1350. The maximum absolute atomic E-state index is 12.5. The van der Waals surface area contributed by atoms with Crippen molar-refractivity contribution in [2.45, 2.75) is 18.9 Å². The summed E-state index contributed by atoms with van der Waals surface area (Å²) in [6, 6.07) is 8.13. The fourth-order valence-electron chi connectivity index (χ4n) is 3.20. The highest BCUT2D eigenvalue weighted by atomic mass is 33.2. The predicted molar refractivity (Wildman–Crippen MR) is 124 cm³/mol. The molecule has 1 aromatic carbocycles. The summed E-state index contributed by atoms with van der Waals surface area (Å²) < 4.78 is 57.9. The van der Waals surface area contributed by atoms with E-state index in [1.165, 1.54) is 6.07 Å². The monoisotopic (exact) mass is 496 g/mol. The molecule has 0 amide bonds. The van der Waals surface area contributed by atoms with Gasteiger partial charge < -0.3 is 15.4 Å². The Hall–Kier alpha value is -3.01. The maximum atomic E-state index is 12.5. The first kappa shape index (κ1) is 23.2. The van der Waals surface area contributed by atoms with E-state index in [9.17, 15) is 16.8 Å². The van der Waals surface area contributed by atoms with Crippen LogP contribution in [0, 0.1) is 0 Å². The van der Waals surface area contributed by atoms with Gasteiger partial charge >= 0.3 is 18.1 Å². The number of anilines is 4. The van der Waals surface area contributed by atoms with E-state index in [1.54, 1.807) is 24.3 Å². The summed E-state index contributed by atoms with van der Waals surface area (Å²) in [4.78, 5) is 4.45. The molecule has 4 rings (SSSR count). The summed E-state index contributed by atoms with van der Waals surface area (Å²) >= 11 is 0. The highest BCUT2D eigenvalue weighted by Gasteiger charge is 2.33. The van der Waals surface area contributed by atoms with Crippen molar-refractivity contribution in [3.05, 3.63) is 30.3 Å². The van der Waals surface area contributed by atoms with Crippen molar-refractivity contribution in [3.8, 4) is 0 Å². The second-order valence-corrected chi connectivity index (χ2v) is 12.8. The van der Waals surface area contributed by atoms with E-state index in [1.807, 2.05) is 0 Å². The molecule has 1 saturated heterocycles. The zero-order chi connectivity index (χ0) is 23.6. The van der Waals surface area contributed by atoms with E-state index < -0.39 is 18.1 Å². The highest BCUT2D eigenvalue weighted by Crippen LogP contribution is 2.29. The number of nitrogens with zero attached hydrogens (tertiary/aromatic N) is 4. The van der Waals surface area contributed by atoms with E-state index in [0.717, 1.165) is 33.5 Å². The molecule has 33 heavy (non-hydrogen) atoms. The summed E-state index contributed by atoms with van der Waals surface area (Å²) in [6.45, 7) is 1.26. The average molecular weight is 497 g/mol. The number of H-pyrrole nitrogens is 1. The summed E-state index contributed by atoms with van der Waals surface area (Å²) in [5.41, 5.74) is 1.75. The highest BCUT2D eigenvalue weighted by molar-refractivity contribution is 8.66. The minimum Gasteiger partial charge on any atom is -0.376 e. The van der Waals surface area contributed by atoms with Gasteiger partial charge in [0, 0.05) is 32.9 Å². The van der Waals surface area contributed by atoms with Crippen LogP contribution >= 0.6 is 0 Å². The smallest absolute Gasteiger partial charge is 0.353 e. The van der Waals surface area contributed by atoms with E-state index in [2.05, 4.69) is 35.8 Å². The molecule has 0 aliphatic carbocycles. The lowest BCUT2D eigenvalue weighted by Crippen LogP contribution is -2.34. The van der Waals surface area contributed by atoms with Gasteiger partial charge in [-0.2, -0.15) is 36.6 Å². The Morgan fingerprint density at radius 1 is 1.12 bits per heavy atom. The molecule has 3 heterocycles. The van der Waals surface area contributed by atoms with Crippen LogP contribution in [0.4, 0.5) is 23.0 Å². The number of benzene rings is 1. The standard InChI is InChI=1S/C18H24N8O5S2/c1-26(2)33(29,30)32(27,28)24-15-7-8-17(19-11-13-4-3-9-31-13)21-18(15)20-12-5-6-14-16(10-12)23-25-22-14/h5-8,10,13,24H,3-4,9,11H2,1-2H3,(H2,19,20,21)(H,22,23,25). The van der Waals surface area contributed by atoms with Crippen molar-refractivity contribution in [3.63, 3.8) is 0 Å². The Labute approximate surface area is 190 Å². The van der Waals surface area contributed by atoms with Gasteiger partial charge in [0.25, 0.3) is 0 Å². The Balaban J connectivity index is 1.65. The molecule has 1 atom stereocenters. The molecule has 0 spiro atoms. The first-order chi connectivity index (χ1) is 15.7. The summed E-state index contributed by atoms with van der Waals surface area (Å²) in [6.07, 6.45) is 2.01. The van der Waals surface area contributed by atoms with Gasteiger partial charge in [-0.05, 0) is 43.2 Å². The van der Waals surface area contributed by atoms with Gasteiger partial charge in [-0.25, -0.2) is 4.98 Å². The van der Waals surface area contributed by atoms with Crippen LogP contribution in [0.1, 0.15) is 12.8 Å². The van der Waals surface area contributed by atoms with E-state index in [-0.39, 0.29) is 17.6 Å². The summed E-state index contributed by atoms with van der Waals surface area (Å²) in [7, 11) is -7.15. The Kier molecular flexibility index (Phi) is 6.38. The third-order valence-electron chi connectivity index (χ3n) is 4.97. The van der Waals surface area contributed by atoms with Crippen molar-refractivity contribution in [2.75, 3.05) is 42.6 Å². The van der Waals surface area contributed by atoms with Crippen LogP contribution in [0.15, 0.2) is 30.3 Å². The van der Waals surface area contributed by atoms with Crippen molar-refractivity contribution >= 4 is 52.2 Å². The SMILES string of the molecule is CN(C)S(=O)(=O)S(=O)(=O)Nc1ccc(NCC2CCCO2)nc1Nc1ccc2n[nH]nc2c1. The number of aromatic nitrogens is 4. The van der Waals surface area contributed by atoms with Crippen molar-refractivity contribution in [1.82, 2.24) is 24.7 Å². The van der Waals surface area contributed by atoms with Crippen molar-refractivity contribution < 1.29 is 21.6 Å². The number of ether oxygens (including phenoxy) is 1. The predicted octanol–water partition coefficient (Wildman–Crippen LogP) is 1.24. The Morgan fingerprint density at radius 2 is 1.91 bits per heavy atom. The van der Waals surface area contributed by atoms with E-state index >= 15 is 0 Å². The summed E-state index contributed by atoms with van der Waals surface area (Å²) in [5, 5.41) is 16.7. The van der Waals surface area contributed by atoms with Crippen LogP contribution in [0.2, 0.25) is 0 Å². The van der Waals surface area contributed by atoms with Crippen molar-refractivity contribution in [1.29, 1.82) is 0 Å². The van der Waals surface area contributed by atoms with Crippen LogP contribution in [0.3, 0.4) is 0 Å². The largest absolute Gasteiger partial charge is 0.376 e. The first-order valence-electron chi connectivity index (χ1n) is 10.0. The lowest BCUT2D eigenvalue weighted by molar-refractivity contribution is 0.120. The van der Waals surface area contributed by atoms with Gasteiger partial charge in [0.2, 0.25) is 0 Å². The fourth-order valence-corrected chi connectivity index (χ4v) is 5.89. The minimum absolute atomic E-state index is 0.0386. The molecule has 15 heteroatoms. The number of hydrogen-bond acceptors (Lipinski definition) is 10. The number of aromatic amines is 1. The normalized spacial score (nSPS) is 16.9. The molecule has 1 fully saturated rings. The second kappa shape index (κ2) is 9.09. The van der Waals surface area contributed by atoms with Crippen LogP contribution in [0.5, 0.6) is 0 Å². The molecule has 1 aliphatic heterocycles. The van der Waals surface area contributed by atoms with Gasteiger partial charge in [0.05, 0.1) is 11.8 Å². The molecular weight excluding hydrogens is 472 g/mol. The molecule has 3 aromatic rings. The van der Waals surface area contributed by atoms with Crippen LogP contribution in [-0.4, -0.2) is 74.9 Å². The molecule has 4 N–H and O–H groups in total. The molecule has 1 aliphatic rings. The van der Waals surface area contributed by atoms with Gasteiger partial charge in [-0.15, -0.1) is 0 Å². The third-order valence-corrected chi connectivity index (χ3v) is 9.70. The molecule has 1 unspecified atom stereocenters. The number of pyridine rings is 1. The third kappa shape index (κ3) is 5.00. The second-order valence-electron chi connectivity index (χ2n) is 7.56. The number of rotatable bonds is 9. The fraction of sp³-hybridized carbons (Fsp3) is 0.389. The lowest BCUT2D eigenvalue weighted by atomic mass is 10.2. The van der Waals surface area contributed by atoms with E-state index in [4.69, 9.17) is 4.74 Å².